The standard InChI is InChI=1S/C10H13N5O/c1-14-6-4-13-9(10(14)16)15-7-5-12-8(15)2-3-11/h4-7H,2-3,11H2,1H3. The smallest absolute Gasteiger partial charge is 0.293 e. The molecule has 2 aromatic rings. The number of rotatable bonds is 3. The highest BCUT2D eigenvalue weighted by atomic mass is 16.1. The molecule has 0 bridgehead atoms. The number of nitrogens with two attached hydrogens (primary N) is 1. The number of aromatic nitrogens is 4. The lowest BCUT2D eigenvalue weighted by molar-refractivity contribution is 0.772. The summed E-state index contributed by atoms with van der Waals surface area (Å²) in [6.45, 7) is 0.490. The van der Waals surface area contributed by atoms with E-state index in [9.17, 15) is 4.79 Å². The Kier molecular flexibility index (Phi) is 2.82. The van der Waals surface area contributed by atoms with Crippen molar-refractivity contribution in [1.29, 1.82) is 0 Å². The van der Waals surface area contributed by atoms with E-state index in [0.717, 1.165) is 5.82 Å². The van der Waals surface area contributed by atoms with E-state index in [0.29, 0.717) is 18.8 Å². The molecule has 0 radical (unpaired) electrons. The predicted molar refractivity (Wildman–Crippen MR) is 59.4 cm³/mol. The summed E-state index contributed by atoms with van der Waals surface area (Å²) in [6.07, 6.45) is 7.18. The topological polar surface area (TPSA) is 78.7 Å². The van der Waals surface area contributed by atoms with Crippen LogP contribution in [0.3, 0.4) is 0 Å². The molecule has 84 valence electrons. The van der Waals surface area contributed by atoms with Crippen LogP contribution in [-0.2, 0) is 13.5 Å². The zero-order valence-corrected chi connectivity index (χ0v) is 9.00. The molecule has 0 spiro atoms. The number of aryl methyl sites for hydroxylation is 1. The first kappa shape index (κ1) is 10.6. The lowest BCUT2D eigenvalue weighted by atomic mass is 10.4. The molecule has 0 aliphatic heterocycles. The molecule has 16 heavy (non-hydrogen) atoms. The van der Waals surface area contributed by atoms with Gasteiger partial charge in [0, 0.05) is 38.3 Å². The lowest BCUT2D eigenvalue weighted by Crippen LogP contribution is -2.24. The number of nitrogens with zero attached hydrogens (tertiary/aromatic N) is 4. The molecule has 0 aliphatic carbocycles. The van der Waals surface area contributed by atoms with Gasteiger partial charge in [0.05, 0.1) is 0 Å². The molecule has 2 N–H and O–H groups in total. The molecule has 0 amide bonds. The third-order valence-electron chi connectivity index (χ3n) is 2.31. The van der Waals surface area contributed by atoms with Crippen molar-refractivity contribution >= 4 is 0 Å². The average Bonchev–Trinajstić information content (AvgIpc) is 2.71. The van der Waals surface area contributed by atoms with Gasteiger partial charge in [-0.2, -0.15) is 0 Å². The fourth-order valence-corrected chi connectivity index (χ4v) is 1.49. The Bertz CT molecular complexity index is 542. The van der Waals surface area contributed by atoms with Crippen molar-refractivity contribution in [2.75, 3.05) is 6.54 Å². The van der Waals surface area contributed by atoms with Crippen LogP contribution in [0.25, 0.3) is 5.82 Å². The summed E-state index contributed by atoms with van der Waals surface area (Å²) in [7, 11) is 1.69. The summed E-state index contributed by atoms with van der Waals surface area (Å²) in [5, 5.41) is 0. The molecule has 0 unspecified atom stereocenters. The molecule has 6 heteroatoms. The van der Waals surface area contributed by atoms with Crippen LogP contribution in [0, 0.1) is 0 Å². The molecule has 0 aromatic carbocycles. The first-order valence-electron chi connectivity index (χ1n) is 4.98. The number of hydrogen-bond acceptors (Lipinski definition) is 4. The van der Waals surface area contributed by atoms with Crippen molar-refractivity contribution in [3.05, 3.63) is 41.0 Å². The molecule has 0 saturated heterocycles. The Hall–Kier alpha value is -1.95. The first-order chi connectivity index (χ1) is 7.74. The van der Waals surface area contributed by atoms with Gasteiger partial charge in [0.1, 0.15) is 5.82 Å². The normalized spacial score (nSPS) is 10.6. The number of imidazole rings is 1. The van der Waals surface area contributed by atoms with Gasteiger partial charge in [0.15, 0.2) is 0 Å². The largest absolute Gasteiger partial charge is 0.330 e. The minimum Gasteiger partial charge on any atom is -0.330 e. The highest BCUT2D eigenvalue weighted by Crippen LogP contribution is 2.03. The van der Waals surface area contributed by atoms with Gasteiger partial charge < -0.3 is 10.3 Å². The summed E-state index contributed by atoms with van der Waals surface area (Å²) in [6, 6.07) is 0. The second-order valence-electron chi connectivity index (χ2n) is 3.42. The Morgan fingerprint density at radius 3 is 2.81 bits per heavy atom. The van der Waals surface area contributed by atoms with E-state index in [-0.39, 0.29) is 5.56 Å². The third-order valence-corrected chi connectivity index (χ3v) is 2.31. The quantitative estimate of drug-likeness (QED) is 0.752. The maximum absolute atomic E-state index is 11.8. The van der Waals surface area contributed by atoms with Crippen LogP contribution < -0.4 is 11.3 Å². The van der Waals surface area contributed by atoms with E-state index < -0.39 is 0 Å². The van der Waals surface area contributed by atoms with Crippen molar-refractivity contribution < 1.29 is 0 Å². The van der Waals surface area contributed by atoms with Crippen LogP contribution in [0.5, 0.6) is 0 Å². The van der Waals surface area contributed by atoms with Gasteiger partial charge in [0.25, 0.3) is 5.56 Å². The van der Waals surface area contributed by atoms with Crippen LogP contribution in [0.4, 0.5) is 0 Å². The lowest BCUT2D eigenvalue weighted by Gasteiger charge is -2.06. The Balaban J connectivity index is 2.55. The second kappa shape index (κ2) is 4.28. The van der Waals surface area contributed by atoms with Gasteiger partial charge in [-0.1, -0.05) is 0 Å². The van der Waals surface area contributed by atoms with E-state index in [1.807, 2.05) is 0 Å². The molecular weight excluding hydrogens is 206 g/mol. The molecule has 2 aromatic heterocycles. The highest BCUT2D eigenvalue weighted by molar-refractivity contribution is 5.21. The van der Waals surface area contributed by atoms with E-state index >= 15 is 0 Å². The van der Waals surface area contributed by atoms with Crippen molar-refractivity contribution in [3.8, 4) is 5.82 Å². The summed E-state index contributed by atoms with van der Waals surface area (Å²) < 4.78 is 3.16. The van der Waals surface area contributed by atoms with Crippen LogP contribution >= 0.6 is 0 Å². The highest BCUT2D eigenvalue weighted by Gasteiger charge is 2.09. The molecule has 0 fully saturated rings. The fraction of sp³-hybridized carbons (Fsp3) is 0.300. The minimum absolute atomic E-state index is 0.154. The Morgan fingerprint density at radius 2 is 2.06 bits per heavy atom. The summed E-state index contributed by atoms with van der Waals surface area (Å²) in [5.41, 5.74) is 5.32. The zero-order chi connectivity index (χ0) is 11.5. The van der Waals surface area contributed by atoms with Gasteiger partial charge in [-0.15, -0.1) is 0 Å². The predicted octanol–water partition coefficient (Wildman–Crippen LogP) is -0.533. The van der Waals surface area contributed by atoms with Gasteiger partial charge in [-0.3, -0.25) is 9.36 Å². The van der Waals surface area contributed by atoms with Crippen LogP contribution in [-0.4, -0.2) is 25.6 Å². The monoisotopic (exact) mass is 219 g/mol. The zero-order valence-electron chi connectivity index (χ0n) is 9.00. The molecule has 2 heterocycles. The molecular formula is C10H13N5O. The van der Waals surface area contributed by atoms with Crippen LogP contribution in [0.2, 0.25) is 0 Å². The fourth-order valence-electron chi connectivity index (χ4n) is 1.49. The maximum Gasteiger partial charge on any atom is 0.293 e. The van der Waals surface area contributed by atoms with Crippen molar-refractivity contribution in [2.45, 2.75) is 6.42 Å². The van der Waals surface area contributed by atoms with E-state index in [1.54, 1.807) is 36.4 Å². The van der Waals surface area contributed by atoms with Gasteiger partial charge in [-0.25, -0.2) is 9.97 Å². The molecule has 0 saturated carbocycles. The molecule has 6 nitrogen and oxygen atoms in total. The number of hydrogen-bond donors (Lipinski definition) is 1. The molecule has 0 aliphatic rings. The maximum atomic E-state index is 11.8. The first-order valence-corrected chi connectivity index (χ1v) is 4.98. The Labute approximate surface area is 92.4 Å². The van der Waals surface area contributed by atoms with Crippen LogP contribution in [0.15, 0.2) is 29.6 Å². The van der Waals surface area contributed by atoms with Crippen molar-refractivity contribution in [3.63, 3.8) is 0 Å². The van der Waals surface area contributed by atoms with E-state index in [2.05, 4.69) is 9.97 Å². The van der Waals surface area contributed by atoms with Crippen LogP contribution in [0.1, 0.15) is 5.82 Å². The minimum atomic E-state index is -0.154. The van der Waals surface area contributed by atoms with Crippen molar-refractivity contribution in [1.82, 2.24) is 19.1 Å². The second-order valence-corrected chi connectivity index (χ2v) is 3.42. The van der Waals surface area contributed by atoms with Crippen molar-refractivity contribution in [2.24, 2.45) is 12.8 Å². The molecule has 0 atom stereocenters. The molecule has 2 rings (SSSR count). The van der Waals surface area contributed by atoms with Gasteiger partial charge in [-0.05, 0) is 6.54 Å². The van der Waals surface area contributed by atoms with Gasteiger partial charge >= 0.3 is 0 Å². The Morgan fingerprint density at radius 1 is 1.31 bits per heavy atom. The summed E-state index contributed by atoms with van der Waals surface area (Å²) in [5.74, 6) is 1.10. The average molecular weight is 219 g/mol. The summed E-state index contributed by atoms with van der Waals surface area (Å²) in [4.78, 5) is 20.1. The van der Waals surface area contributed by atoms with E-state index in [4.69, 9.17) is 5.73 Å². The SMILES string of the molecule is Cn1ccnc(-n2ccnc2CCN)c1=O. The summed E-state index contributed by atoms with van der Waals surface area (Å²) >= 11 is 0. The third kappa shape index (κ3) is 1.74. The van der Waals surface area contributed by atoms with E-state index in [1.165, 1.54) is 4.57 Å². The van der Waals surface area contributed by atoms with Gasteiger partial charge in [0.2, 0.25) is 5.82 Å².